The lowest BCUT2D eigenvalue weighted by atomic mass is 10.1. The molecule has 23 heavy (non-hydrogen) atoms. The highest BCUT2D eigenvalue weighted by Crippen LogP contribution is 2.33. The lowest BCUT2D eigenvalue weighted by molar-refractivity contribution is 0.0490. The molecule has 2 aliphatic rings. The first-order chi connectivity index (χ1) is 11.2. The summed E-state index contributed by atoms with van der Waals surface area (Å²) >= 11 is 0. The molecule has 1 aromatic carbocycles. The molecule has 2 N–H and O–H groups in total. The maximum absolute atomic E-state index is 12.8. The Hall–Kier alpha value is -1.85. The van der Waals surface area contributed by atoms with Gasteiger partial charge < -0.3 is 15.0 Å². The van der Waals surface area contributed by atoms with Gasteiger partial charge in [0, 0.05) is 49.8 Å². The highest BCUT2D eigenvalue weighted by atomic mass is 16.3. The smallest absolute Gasteiger partial charge is 0.256 e. The van der Waals surface area contributed by atoms with Crippen molar-refractivity contribution in [2.75, 3.05) is 32.7 Å². The molecule has 1 aliphatic heterocycles. The number of hydrogen-bond donors (Lipinski definition) is 2. The van der Waals surface area contributed by atoms with E-state index in [0.717, 1.165) is 49.2 Å². The number of benzene rings is 1. The van der Waals surface area contributed by atoms with E-state index in [0.29, 0.717) is 5.92 Å². The van der Waals surface area contributed by atoms with Crippen LogP contribution in [0.25, 0.3) is 10.9 Å². The normalized spacial score (nSPS) is 20.8. The molecule has 1 amide bonds. The van der Waals surface area contributed by atoms with Crippen LogP contribution in [0.4, 0.5) is 0 Å². The number of piperazine rings is 1. The SMILES string of the molecule is O=C(c1c[nH]c2ccccc12)N1CCN(CC(O)C2CC2)CC1. The number of nitrogens with one attached hydrogen (secondary N) is 1. The number of H-pyrrole nitrogens is 1. The maximum atomic E-state index is 12.8. The number of carbonyl (C=O) groups excluding carboxylic acids is 1. The van der Waals surface area contributed by atoms with Crippen LogP contribution >= 0.6 is 0 Å². The number of hydrogen-bond acceptors (Lipinski definition) is 3. The number of nitrogens with zero attached hydrogens (tertiary/aromatic N) is 2. The molecule has 1 aromatic heterocycles. The standard InChI is InChI=1S/C18H23N3O2/c22-17(13-5-6-13)12-20-7-9-21(10-8-20)18(23)15-11-19-16-4-2-1-3-14(15)16/h1-4,11,13,17,19,22H,5-10,12H2. The van der Waals surface area contributed by atoms with Crippen LogP contribution in [0.15, 0.2) is 30.5 Å². The van der Waals surface area contributed by atoms with Gasteiger partial charge in [-0.3, -0.25) is 9.69 Å². The quantitative estimate of drug-likeness (QED) is 0.903. The van der Waals surface area contributed by atoms with Crippen LogP contribution in [0.1, 0.15) is 23.2 Å². The summed E-state index contributed by atoms with van der Waals surface area (Å²) in [5.74, 6) is 0.616. The van der Waals surface area contributed by atoms with Crippen molar-refractivity contribution in [1.82, 2.24) is 14.8 Å². The van der Waals surface area contributed by atoms with Gasteiger partial charge in [0.1, 0.15) is 0 Å². The number of aromatic nitrogens is 1. The lowest BCUT2D eigenvalue weighted by Crippen LogP contribution is -2.50. The van der Waals surface area contributed by atoms with E-state index in [-0.39, 0.29) is 12.0 Å². The van der Waals surface area contributed by atoms with Gasteiger partial charge in [-0.05, 0) is 24.8 Å². The Morgan fingerprint density at radius 3 is 2.70 bits per heavy atom. The van der Waals surface area contributed by atoms with E-state index in [2.05, 4.69) is 9.88 Å². The van der Waals surface area contributed by atoms with Crippen LogP contribution in [0, 0.1) is 5.92 Å². The number of aliphatic hydroxyl groups excluding tert-OH is 1. The van der Waals surface area contributed by atoms with Crippen molar-refractivity contribution in [3.8, 4) is 0 Å². The van der Waals surface area contributed by atoms with Gasteiger partial charge in [-0.2, -0.15) is 0 Å². The second-order valence-corrected chi connectivity index (χ2v) is 6.75. The summed E-state index contributed by atoms with van der Waals surface area (Å²) < 4.78 is 0. The van der Waals surface area contributed by atoms with Crippen LogP contribution in [0.5, 0.6) is 0 Å². The van der Waals surface area contributed by atoms with E-state index in [1.54, 1.807) is 0 Å². The van der Waals surface area contributed by atoms with Crippen molar-refractivity contribution in [3.05, 3.63) is 36.0 Å². The number of β-amino-alcohol motifs (C(OH)–C–C–N with tert-alkyl or cyclic N) is 1. The highest BCUT2D eigenvalue weighted by Gasteiger charge is 2.32. The number of rotatable bonds is 4. The van der Waals surface area contributed by atoms with Gasteiger partial charge in [0.2, 0.25) is 0 Å². The van der Waals surface area contributed by atoms with E-state index in [1.165, 1.54) is 12.8 Å². The number of para-hydroxylation sites is 1. The molecule has 1 saturated heterocycles. The topological polar surface area (TPSA) is 59.6 Å². The molecule has 0 spiro atoms. The molecular formula is C18H23N3O2. The Kier molecular flexibility index (Phi) is 3.83. The van der Waals surface area contributed by atoms with Gasteiger partial charge in [0.15, 0.2) is 0 Å². The Labute approximate surface area is 135 Å². The zero-order valence-corrected chi connectivity index (χ0v) is 13.2. The zero-order chi connectivity index (χ0) is 15.8. The molecule has 4 rings (SSSR count). The van der Waals surface area contributed by atoms with Crippen molar-refractivity contribution < 1.29 is 9.90 Å². The predicted octanol–water partition coefficient (Wildman–Crippen LogP) is 1.70. The first-order valence-corrected chi connectivity index (χ1v) is 8.48. The number of carbonyl (C=O) groups is 1. The summed E-state index contributed by atoms with van der Waals surface area (Å²) in [7, 11) is 0. The van der Waals surface area contributed by atoms with Gasteiger partial charge in [-0.15, -0.1) is 0 Å². The fraction of sp³-hybridized carbons (Fsp3) is 0.500. The van der Waals surface area contributed by atoms with Crippen molar-refractivity contribution in [3.63, 3.8) is 0 Å². The summed E-state index contributed by atoms with van der Waals surface area (Å²) in [6, 6.07) is 7.91. The average Bonchev–Trinajstić information content (AvgIpc) is 3.35. The number of amides is 1. The average molecular weight is 313 g/mol. The van der Waals surface area contributed by atoms with Crippen LogP contribution in [0.2, 0.25) is 0 Å². The minimum Gasteiger partial charge on any atom is -0.392 e. The summed E-state index contributed by atoms with van der Waals surface area (Å²) in [5.41, 5.74) is 1.76. The molecule has 5 heteroatoms. The van der Waals surface area contributed by atoms with Crippen molar-refractivity contribution in [1.29, 1.82) is 0 Å². The van der Waals surface area contributed by atoms with Gasteiger partial charge in [0.25, 0.3) is 5.91 Å². The fourth-order valence-electron chi connectivity index (χ4n) is 3.45. The largest absolute Gasteiger partial charge is 0.392 e. The summed E-state index contributed by atoms with van der Waals surface area (Å²) in [6.45, 7) is 3.90. The molecule has 1 aliphatic carbocycles. The minimum absolute atomic E-state index is 0.102. The third-order valence-corrected chi connectivity index (χ3v) is 5.09. The van der Waals surface area contributed by atoms with Gasteiger partial charge in [-0.1, -0.05) is 18.2 Å². The molecule has 122 valence electrons. The Balaban J connectivity index is 1.39. The van der Waals surface area contributed by atoms with Gasteiger partial charge in [0.05, 0.1) is 11.7 Å². The maximum Gasteiger partial charge on any atom is 0.256 e. The van der Waals surface area contributed by atoms with E-state index in [9.17, 15) is 9.90 Å². The molecule has 1 atom stereocenters. The van der Waals surface area contributed by atoms with E-state index >= 15 is 0 Å². The molecule has 2 fully saturated rings. The third kappa shape index (κ3) is 2.99. The fourth-order valence-corrected chi connectivity index (χ4v) is 3.45. The summed E-state index contributed by atoms with van der Waals surface area (Å²) in [4.78, 5) is 20.1. The molecule has 1 unspecified atom stereocenters. The number of aliphatic hydroxyl groups is 1. The second kappa shape index (κ2) is 5.98. The Morgan fingerprint density at radius 2 is 1.96 bits per heavy atom. The molecular weight excluding hydrogens is 290 g/mol. The molecule has 1 saturated carbocycles. The van der Waals surface area contributed by atoms with E-state index in [4.69, 9.17) is 0 Å². The minimum atomic E-state index is -0.189. The van der Waals surface area contributed by atoms with Crippen molar-refractivity contribution in [2.45, 2.75) is 18.9 Å². The summed E-state index contributed by atoms with van der Waals surface area (Å²) in [6.07, 6.45) is 3.96. The van der Waals surface area contributed by atoms with E-state index in [1.807, 2.05) is 35.4 Å². The van der Waals surface area contributed by atoms with Gasteiger partial charge >= 0.3 is 0 Å². The Bertz CT molecular complexity index is 699. The molecule has 2 aromatic rings. The number of aromatic amines is 1. The highest BCUT2D eigenvalue weighted by molar-refractivity contribution is 6.06. The Morgan fingerprint density at radius 1 is 1.22 bits per heavy atom. The zero-order valence-electron chi connectivity index (χ0n) is 13.2. The van der Waals surface area contributed by atoms with Crippen molar-refractivity contribution in [2.24, 2.45) is 5.92 Å². The van der Waals surface area contributed by atoms with Gasteiger partial charge in [-0.25, -0.2) is 0 Å². The molecule has 5 nitrogen and oxygen atoms in total. The summed E-state index contributed by atoms with van der Waals surface area (Å²) in [5, 5.41) is 11.0. The molecule has 0 radical (unpaired) electrons. The van der Waals surface area contributed by atoms with Crippen LogP contribution in [-0.4, -0.2) is 64.6 Å². The van der Waals surface area contributed by atoms with Crippen molar-refractivity contribution >= 4 is 16.8 Å². The van der Waals surface area contributed by atoms with Crippen LogP contribution in [0.3, 0.4) is 0 Å². The second-order valence-electron chi connectivity index (χ2n) is 6.75. The van der Waals surface area contributed by atoms with Crippen LogP contribution in [-0.2, 0) is 0 Å². The first kappa shape index (κ1) is 14.7. The lowest BCUT2D eigenvalue weighted by Gasteiger charge is -2.35. The van der Waals surface area contributed by atoms with E-state index < -0.39 is 0 Å². The monoisotopic (exact) mass is 313 g/mol. The van der Waals surface area contributed by atoms with Crippen LogP contribution < -0.4 is 0 Å². The molecule has 2 heterocycles. The first-order valence-electron chi connectivity index (χ1n) is 8.48. The number of fused-ring (bicyclic) bond motifs is 1. The third-order valence-electron chi connectivity index (χ3n) is 5.09. The molecule has 0 bridgehead atoms. The predicted molar refractivity (Wildman–Crippen MR) is 89.4 cm³/mol.